The molecule has 0 aliphatic carbocycles. The van der Waals surface area contributed by atoms with Crippen molar-refractivity contribution in [3.63, 3.8) is 0 Å². The molecular formula is C17H19N3O5. The predicted molar refractivity (Wildman–Crippen MR) is 91.4 cm³/mol. The van der Waals surface area contributed by atoms with Crippen molar-refractivity contribution >= 4 is 28.7 Å². The Morgan fingerprint density at radius 3 is 2.60 bits per heavy atom. The third-order valence-corrected chi connectivity index (χ3v) is 3.80. The number of carboxylic acid groups (broad SMARTS) is 1. The number of benzene rings is 1. The van der Waals surface area contributed by atoms with E-state index >= 15 is 0 Å². The fraction of sp³-hybridized carbons (Fsp3) is 0.294. The van der Waals surface area contributed by atoms with E-state index in [4.69, 9.17) is 0 Å². The molecule has 1 aromatic heterocycles. The molecule has 1 atom stereocenters. The van der Waals surface area contributed by atoms with E-state index in [2.05, 4.69) is 10.3 Å². The smallest absolute Gasteiger partial charge is 0.326 e. The number of nitrogens with one attached hydrogen (secondary N) is 2. The molecule has 1 aromatic carbocycles. The number of aromatic amines is 1. The highest BCUT2D eigenvalue weighted by molar-refractivity contribution is 6.06. The standard InChI is InChI=1S/C17H19N3O5/c1-10(17(24)25)20(9-8-18-11(2)21)16(23)13-5-3-4-12-6-7-14(22)19-15(12)13/h3-7,10H,8-9H2,1-2H3,(H,18,21)(H,19,22)(H,24,25). The molecule has 1 heterocycles. The lowest BCUT2D eigenvalue weighted by atomic mass is 10.1. The van der Waals surface area contributed by atoms with Gasteiger partial charge in [-0.1, -0.05) is 12.1 Å². The first-order chi connectivity index (χ1) is 11.8. The van der Waals surface area contributed by atoms with Gasteiger partial charge in [0.2, 0.25) is 11.5 Å². The molecule has 0 aliphatic rings. The van der Waals surface area contributed by atoms with E-state index in [1.165, 1.54) is 26.0 Å². The fourth-order valence-corrected chi connectivity index (χ4v) is 2.47. The number of fused-ring (bicyclic) bond motifs is 1. The Morgan fingerprint density at radius 1 is 1.24 bits per heavy atom. The number of carbonyl (C=O) groups excluding carboxylic acids is 2. The van der Waals surface area contributed by atoms with Crippen LogP contribution in [0, 0.1) is 0 Å². The second-order valence-electron chi connectivity index (χ2n) is 5.59. The largest absolute Gasteiger partial charge is 0.480 e. The molecule has 1 unspecified atom stereocenters. The van der Waals surface area contributed by atoms with Gasteiger partial charge in [0.05, 0.1) is 11.1 Å². The maximum atomic E-state index is 12.9. The molecule has 0 radical (unpaired) electrons. The predicted octanol–water partition coefficient (Wildman–Crippen LogP) is 0.579. The number of aromatic nitrogens is 1. The lowest BCUT2D eigenvalue weighted by Crippen LogP contribution is -2.46. The molecule has 2 amide bonds. The van der Waals surface area contributed by atoms with E-state index in [-0.39, 0.29) is 30.1 Å². The molecule has 3 N–H and O–H groups in total. The molecule has 8 nitrogen and oxygen atoms in total. The van der Waals surface area contributed by atoms with Gasteiger partial charge in [0.1, 0.15) is 6.04 Å². The van der Waals surface area contributed by atoms with Gasteiger partial charge in [-0.3, -0.25) is 14.4 Å². The van der Waals surface area contributed by atoms with Gasteiger partial charge in [0, 0.05) is 26.1 Å². The zero-order valence-electron chi connectivity index (χ0n) is 13.9. The summed E-state index contributed by atoms with van der Waals surface area (Å²) >= 11 is 0. The molecule has 25 heavy (non-hydrogen) atoms. The van der Waals surface area contributed by atoms with Gasteiger partial charge >= 0.3 is 5.97 Å². The maximum absolute atomic E-state index is 12.9. The lowest BCUT2D eigenvalue weighted by molar-refractivity contribution is -0.141. The van der Waals surface area contributed by atoms with Crippen LogP contribution in [-0.4, -0.2) is 51.9 Å². The topological polar surface area (TPSA) is 120 Å². The van der Waals surface area contributed by atoms with Crippen LogP contribution in [-0.2, 0) is 9.59 Å². The van der Waals surface area contributed by atoms with Crippen molar-refractivity contribution < 1.29 is 19.5 Å². The van der Waals surface area contributed by atoms with Crippen molar-refractivity contribution in [2.75, 3.05) is 13.1 Å². The molecule has 8 heteroatoms. The molecule has 0 aliphatic heterocycles. The van der Waals surface area contributed by atoms with Crippen LogP contribution in [0.1, 0.15) is 24.2 Å². The van der Waals surface area contributed by atoms with Gasteiger partial charge in [-0.2, -0.15) is 0 Å². The Balaban J connectivity index is 2.41. The minimum atomic E-state index is -1.16. The summed E-state index contributed by atoms with van der Waals surface area (Å²) in [5.41, 5.74) is 0.192. The summed E-state index contributed by atoms with van der Waals surface area (Å²) in [4.78, 5) is 50.6. The Kier molecular flexibility index (Phi) is 5.53. The summed E-state index contributed by atoms with van der Waals surface area (Å²) in [5.74, 6) is -1.97. The zero-order chi connectivity index (χ0) is 18.6. The van der Waals surface area contributed by atoms with Crippen molar-refractivity contribution in [2.24, 2.45) is 0 Å². The SMILES string of the molecule is CC(=O)NCCN(C(=O)c1cccc2ccc(=O)[nH]c12)C(C)C(=O)O. The Labute approximate surface area is 143 Å². The molecule has 0 saturated carbocycles. The number of nitrogens with zero attached hydrogens (tertiary/aromatic N) is 1. The fourth-order valence-electron chi connectivity index (χ4n) is 2.47. The highest BCUT2D eigenvalue weighted by atomic mass is 16.4. The molecule has 2 aromatic rings. The van der Waals surface area contributed by atoms with Crippen LogP contribution in [0.5, 0.6) is 0 Å². The zero-order valence-corrected chi connectivity index (χ0v) is 13.9. The summed E-state index contributed by atoms with van der Waals surface area (Å²) < 4.78 is 0. The minimum Gasteiger partial charge on any atom is -0.480 e. The monoisotopic (exact) mass is 345 g/mol. The van der Waals surface area contributed by atoms with Crippen molar-refractivity contribution in [1.82, 2.24) is 15.2 Å². The number of rotatable bonds is 6. The van der Waals surface area contributed by atoms with Gasteiger partial charge in [0.15, 0.2) is 0 Å². The number of carboxylic acids is 1. The van der Waals surface area contributed by atoms with Gasteiger partial charge < -0.3 is 20.3 Å². The quantitative estimate of drug-likeness (QED) is 0.707. The molecule has 132 valence electrons. The third-order valence-electron chi connectivity index (χ3n) is 3.80. The molecule has 2 rings (SSSR count). The van der Waals surface area contributed by atoms with E-state index in [1.807, 2.05) is 0 Å². The van der Waals surface area contributed by atoms with Crippen LogP contribution >= 0.6 is 0 Å². The minimum absolute atomic E-state index is 0.0271. The van der Waals surface area contributed by atoms with Crippen LogP contribution in [0.4, 0.5) is 0 Å². The van der Waals surface area contributed by atoms with Crippen LogP contribution in [0.3, 0.4) is 0 Å². The number of para-hydroxylation sites is 1. The summed E-state index contributed by atoms with van der Waals surface area (Å²) in [6, 6.07) is 6.78. The van der Waals surface area contributed by atoms with E-state index in [0.717, 1.165) is 4.90 Å². The summed E-state index contributed by atoms with van der Waals surface area (Å²) in [5, 5.41) is 12.5. The van der Waals surface area contributed by atoms with Crippen molar-refractivity contribution in [2.45, 2.75) is 19.9 Å². The Morgan fingerprint density at radius 2 is 1.96 bits per heavy atom. The molecular weight excluding hydrogens is 326 g/mol. The summed E-state index contributed by atoms with van der Waals surface area (Å²) in [7, 11) is 0. The van der Waals surface area contributed by atoms with Crippen LogP contribution in [0.25, 0.3) is 10.9 Å². The number of carbonyl (C=O) groups is 3. The van der Waals surface area contributed by atoms with Gasteiger partial charge in [0.25, 0.3) is 5.91 Å². The van der Waals surface area contributed by atoms with Crippen LogP contribution < -0.4 is 10.9 Å². The number of amides is 2. The normalized spacial score (nSPS) is 11.8. The van der Waals surface area contributed by atoms with Gasteiger partial charge in [-0.05, 0) is 24.4 Å². The second kappa shape index (κ2) is 7.61. The van der Waals surface area contributed by atoms with Crippen molar-refractivity contribution in [1.29, 1.82) is 0 Å². The van der Waals surface area contributed by atoms with Gasteiger partial charge in [-0.25, -0.2) is 4.79 Å². The number of aliphatic carboxylic acids is 1. The first-order valence-electron chi connectivity index (χ1n) is 7.71. The van der Waals surface area contributed by atoms with Gasteiger partial charge in [-0.15, -0.1) is 0 Å². The van der Waals surface area contributed by atoms with Crippen LogP contribution in [0.15, 0.2) is 35.1 Å². The highest BCUT2D eigenvalue weighted by Crippen LogP contribution is 2.18. The first-order valence-corrected chi connectivity index (χ1v) is 7.71. The van der Waals surface area contributed by atoms with Crippen molar-refractivity contribution in [3.05, 3.63) is 46.2 Å². The Bertz CT molecular complexity index is 874. The van der Waals surface area contributed by atoms with Crippen molar-refractivity contribution in [3.8, 4) is 0 Å². The van der Waals surface area contributed by atoms with E-state index < -0.39 is 17.9 Å². The number of H-pyrrole nitrogens is 1. The molecule has 0 bridgehead atoms. The average molecular weight is 345 g/mol. The number of pyridine rings is 1. The van der Waals surface area contributed by atoms with E-state index in [0.29, 0.717) is 10.9 Å². The molecule has 0 spiro atoms. The Hall–Kier alpha value is -3.16. The third kappa shape index (κ3) is 4.23. The average Bonchev–Trinajstić information content (AvgIpc) is 2.56. The lowest BCUT2D eigenvalue weighted by Gasteiger charge is -2.27. The number of hydrogen-bond acceptors (Lipinski definition) is 4. The second-order valence-corrected chi connectivity index (χ2v) is 5.59. The highest BCUT2D eigenvalue weighted by Gasteiger charge is 2.27. The van der Waals surface area contributed by atoms with Crippen LogP contribution in [0.2, 0.25) is 0 Å². The molecule has 0 saturated heterocycles. The van der Waals surface area contributed by atoms with E-state index in [9.17, 15) is 24.3 Å². The summed E-state index contributed by atoms with van der Waals surface area (Å²) in [6.07, 6.45) is 0. The molecule has 0 fully saturated rings. The van der Waals surface area contributed by atoms with E-state index in [1.54, 1.807) is 18.2 Å². The summed E-state index contributed by atoms with van der Waals surface area (Å²) in [6.45, 7) is 2.88. The first kappa shape index (κ1) is 18.2. The maximum Gasteiger partial charge on any atom is 0.326 e. The number of hydrogen-bond donors (Lipinski definition) is 3.